The molecule has 1 atom stereocenters. The molecule has 7 nitrogen and oxygen atoms in total. The first-order valence-electron chi connectivity index (χ1n) is 8.92. The summed E-state index contributed by atoms with van der Waals surface area (Å²) in [6.07, 6.45) is 1.92. The van der Waals surface area contributed by atoms with Crippen LogP contribution in [0.3, 0.4) is 0 Å². The van der Waals surface area contributed by atoms with E-state index in [9.17, 15) is 14.4 Å². The normalized spacial score (nSPS) is 16.5. The van der Waals surface area contributed by atoms with Crippen LogP contribution >= 0.6 is 22.9 Å². The molecule has 1 N–H and O–H groups in total. The summed E-state index contributed by atoms with van der Waals surface area (Å²) in [5.41, 5.74) is -0.112. The molecular weight excluding hydrogens is 402 g/mol. The fourth-order valence-electron chi connectivity index (χ4n) is 3.29. The van der Waals surface area contributed by atoms with Crippen molar-refractivity contribution in [3.8, 4) is 5.69 Å². The highest BCUT2D eigenvalue weighted by atomic mass is 35.5. The zero-order chi connectivity index (χ0) is 19.7. The average Bonchev–Trinajstić information content (AvgIpc) is 3.37. The predicted octanol–water partition coefficient (Wildman–Crippen LogP) is 2.16. The Kier molecular flexibility index (Phi) is 5.34. The van der Waals surface area contributed by atoms with Crippen molar-refractivity contribution in [2.75, 3.05) is 13.2 Å². The summed E-state index contributed by atoms with van der Waals surface area (Å²) in [5, 5.41) is 5.05. The number of nitrogens with one attached hydrogen (secondary N) is 1. The SMILES string of the molecule is O=C(Cn1c(=O)n(-c2ccc(Cl)cc2)c(=O)c2sccc21)NC[C@@H]1CCCO1. The van der Waals surface area contributed by atoms with Crippen LogP contribution in [0, 0.1) is 0 Å². The summed E-state index contributed by atoms with van der Waals surface area (Å²) >= 11 is 7.15. The molecule has 0 unspecified atom stereocenters. The van der Waals surface area contributed by atoms with Crippen molar-refractivity contribution in [1.82, 2.24) is 14.5 Å². The number of hydrogen-bond donors (Lipinski definition) is 1. The highest BCUT2D eigenvalue weighted by molar-refractivity contribution is 7.17. The summed E-state index contributed by atoms with van der Waals surface area (Å²) < 4.78 is 8.32. The number of fused-ring (bicyclic) bond motifs is 1. The second-order valence-electron chi connectivity index (χ2n) is 6.56. The summed E-state index contributed by atoms with van der Waals surface area (Å²) in [6, 6.07) is 8.11. The van der Waals surface area contributed by atoms with Crippen molar-refractivity contribution in [3.05, 3.63) is 61.6 Å². The molecule has 0 spiro atoms. The van der Waals surface area contributed by atoms with Gasteiger partial charge in [-0.15, -0.1) is 11.3 Å². The van der Waals surface area contributed by atoms with Crippen molar-refractivity contribution in [2.45, 2.75) is 25.5 Å². The summed E-state index contributed by atoms with van der Waals surface area (Å²) in [7, 11) is 0. The molecule has 0 bridgehead atoms. The maximum Gasteiger partial charge on any atom is 0.336 e. The second-order valence-corrected chi connectivity index (χ2v) is 7.91. The predicted molar refractivity (Wildman–Crippen MR) is 109 cm³/mol. The van der Waals surface area contributed by atoms with Gasteiger partial charge in [0.2, 0.25) is 5.91 Å². The van der Waals surface area contributed by atoms with E-state index in [0.717, 1.165) is 17.4 Å². The van der Waals surface area contributed by atoms with Gasteiger partial charge in [-0.3, -0.25) is 14.2 Å². The molecule has 4 rings (SSSR count). The van der Waals surface area contributed by atoms with Gasteiger partial charge in [0.05, 0.1) is 17.3 Å². The standard InChI is InChI=1S/C19H18ClN3O4S/c20-12-3-5-13(6-4-12)23-18(25)17-15(7-9-28-17)22(19(23)26)11-16(24)21-10-14-2-1-8-27-14/h3-7,9,14H,1-2,8,10-11H2,(H,21,24)/t14-/m0/s1. The number of benzene rings is 1. The van der Waals surface area contributed by atoms with E-state index in [0.29, 0.717) is 34.1 Å². The first-order chi connectivity index (χ1) is 13.5. The number of amides is 1. The molecule has 28 heavy (non-hydrogen) atoms. The van der Waals surface area contributed by atoms with Gasteiger partial charge in [-0.1, -0.05) is 11.6 Å². The lowest BCUT2D eigenvalue weighted by Gasteiger charge is -2.14. The number of carbonyl (C=O) groups is 1. The van der Waals surface area contributed by atoms with Crippen molar-refractivity contribution in [1.29, 1.82) is 0 Å². The molecule has 1 amide bonds. The Labute approximate surface area is 169 Å². The lowest BCUT2D eigenvalue weighted by atomic mass is 10.2. The van der Waals surface area contributed by atoms with Crippen molar-refractivity contribution in [3.63, 3.8) is 0 Å². The van der Waals surface area contributed by atoms with Crippen LogP contribution in [-0.2, 0) is 16.1 Å². The molecule has 0 saturated carbocycles. The van der Waals surface area contributed by atoms with Crippen LogP contribution in [-0.4, -0.2) is 34.3 Å². The molecule has 1 saturated heterocycles. The molecule has 1 aliphatic heterocycles. The fraction of sp³-hybridized carbons (Fsp3) is 0.316. The Morgan fingerprint density at radius 3 is 2.75 bits per heavy atom. The molecule has 2 aromatic heterocycles. The molecule has 9 heteroatoms. The van der Waals surface area contributed by atoms with Gasteiger partial charge in [0.15, 0.2) is 0 Å². The monoisotopic (exact) mass is 419 g/mol. The van der Waals surface area contributed by atoms with Crippen LogP contribution in [0.4, 0.5) is 0 Å². The maximum absolute atomic E-state index is 13.1. The van der Waals surface area contributed by atoms with Crippen LogP contribution in [0.15, 0.2) is 45.3 Å². The quantitative estimate of drug-likeness (QED) is 0.687. The number of halogens is 1. The van der Waals surface area contributed by atoms with Crippen molar-refractivity contribution >= 4 is 39.1 Å². The van der Waals surface area contributed by atoms with Crippen molar-refractivity contribution in [2.24, 2.45) is 0 Å². The molecule has 3 aromatic rings. The zero-order valence-electron chi connectivity index (χ0n) is 14.9. The summed E-state index contributed by atoms with van der Waals surface area (Å²) in [5.74, 6) is -0.300. The van der Waals surface area contributed by atoms with E-state index in [2.05, 4.69) is 5.32 Å². The molecular formula is C19H18ClN3O4S. The number of ether oxygens (including phenoxy) is 1. The molecule has 1 aromatic carbocycles. The van der Waals surface area contributed by atoms with Gasteiger partial charge >= 0.3 is 5.69 Å². The van der Waals surface area contributed by atoms with Gasteiger partial charge in [0.1, 0.15) is 11.2 Å². The van der Waals surface area contributed by atoms with Crippen LogP contribution in [0.1, 0.15) is 12.8 Å². The minimum Gasteiger partial charge on any atom is -0.376 e. The lowest BCUT2D eigenvalue weighted by molar-refractivity contribution is -0.122. The van der Waals surface area contributed by atoms with Crippen LogP contribution in [0.25, 0.3) is 15.9 Å². The van der Waals surface area contributed by atoms with Gasteiger partial charge in [-0.2, -0.15) is 0 Å². The Bertz CT molecular complexity index is 1130. The highest BCUT2D eigenvalue weighted by Crippen LogP contribution is 2.17. The summed E-state index contributed by atoms with van der Waals surface area (Å²) in [6.45, 7) is 0.950. The Hall–Kier alpha value is -2.42. The van der Waals surface area contributed by atoms with Gasteiger partial charge < -0.3 is 10.1 Å². The number of nitrogens with zero attached hydrogens (tertiary/aromatic N) is 2. The van der Waals surface area contributed by atoms with Gasteiger partial charge in [-0.05, 0) is 48.6 Å². The largest absolute Gasteiger partial charge is 0.376 e. The minimum absolute atomic E-state index is 0.0184. The molecule has 3 heterocycles. The lowest BCUT2D eigenvalue weighted by Crippen LogP contribution is -2.42. The third-order valence-corrected chi connectivity index (χ3v) is 5.84. The highest BCUT2D eigenvalue weighted by Gasteiger charge is 2.19. The Balaban J connectivity index is 1.70. The van der Waals surface area contributed by atoms with E-state index in [1.807, 2.05) is 0 Å². The fourth-order valence-corrected chi connectivity index (χ4v) is 4.24. The van der Waals surface area contributed by atoms with E-state index in [1.54, 1.807) is 35.7 Å². The van der Waals surface area contributed by atoms with E-state index in [1.165, 1.54) is 15.9 Å². The van der Waals surface area contributed by atoms with E-state index >= 15 is 0 Å². The van der Waals surface area contributed by atoms with Crippen molar-refractivity contribution < 1.29 is 9.53 Å². The van der Waals surface area contributed by atoms with Gasteiger partial charge in [0, 0.05) is 18.2 Å². The van der Waals surface area contributed by atoms with E-state index in [4.69, 9.17) is 16.3 Å². The van der Waals surface area contributed by atoms with Crippen LogP contribution in [0.5, 0.6) is 0 Å². The number of hydrogen-bond acceptors (Lipinski definition) is 5. The zero-order valence-corrected chi connectivity index (χ0v) is 16.5. The first kappa shape index (κ1) is 18.9. The minimum atomic E-state index is -0.564. The second kappa shape index (κ2) is 7.90. The third-order valence-electron chi connectivity index (χ3n) is 4.69. The smallest absolute Gasteiger partial charge is 0.336 e. The summed E-state index contributed by atoms with van der Waals surface area (Å²) in [4.78, 5) is 38.4. The number of thiophene rings is 1. The third kappa shape index (κ3) is 3.63. The number of carbonyl (C=O) groups excluding carboxylic acids is 1. The topological polar surface area (TPSA) is 82.3 Å². The van der Waals surface area contributed by atoms with E-state index in [-0.39, 0.29) is 18.6 Å². The number of rotatable bonds is 5. The van der Waals surface area contributed by atoms with Gasteiger partial charge in [0.25, 0.3) is 5.56 Å². The Morgan fingerprint density at radius 1 is 1.25 bits per heavy atom. The maximum atomic E-state index is 13.1. The molecule has 1 aliphatic rings. The van der Waals surface area contributed by atoms with Crippen LogP contribution in [0.2, 0.25) is 5.02 Å². The Morgan fingerprint density at radius 2 is 2.04 bits per heavy atom. The number of aromatic nitrogens is 2. The molecule has 0 radical (unpaired) electrons. The first-order valence-corrected chi connectivity index (χ1v) is 10.2. The van der Waals surface area contributed by atoms with Gasteiger partial charge in [-0.25, -0.2) is 9.36 Å². The van der Waals surface area contributed by atoms with E-state index < -0.39 is 11.2 Å². The molecule has 1 fully saturated rings. The molecule has 146 valence electrons. The molecule has 0 aliphatic carbocycles. The van der Waals surface area contributed by atoms with Crippen LogP contribution < -0.4 is 16.6 Å². The average molecular weight is 420 g/mol.